The number of thioether (sulfide) groups is 1. The summed E-state index contributed by atoms with van der Waals surface area (Å²) in [5.74, 6) is -1.25. The van der Waals surface area contributed by atoms with Crippen LogP contribution in [0.1, 0.15) is 37.8 Å². The molecule has 0 bridgehead atoms. The number of amides is 1. The Bertz CT molecular complexity index is 1600. The van der Waals surface area contributed by atoms with Crippen LogP contribution in [0.2, 0.25) is 0 Å². The molecule has 1 N–H and O–H groups in total. The SMILES string of the molecule is C=CC(=O)N1[C@H](C)CN(C2=NC(=C)N3c4c2cc(C(F)(F)F)c(-c2cc(NC5CC5)c(F)cc2F)c4SC[C@@H]3COC)C[C@@H]1C. The molecule has 2 aromatic carbocycles. The lowest BCUT2D eigenvalue weighted by molar-refractivity contribution is -0.137. The van der Waals surface area contributed by atoms with Gasteiger partial charge in [-0.1, -0.05) is 13.2 Å². The van der Waals surface area contributed by atoms with E-state index in [1.165, 1.54) is 24.9 Å². The number of nitrogens with one attached hydrogen (secondary N) is 1. The monoisotopic (exact) mass is 647 g/mol. The van der Waals surface area contributed by atoms with E-state index in [1.54, 1.807) is 9.80 Å². The predicted octanol–water partition coefficient (Wildman–Crippen LogP) is 6.49. The number of aliphatic imine (C=N–C) groups is 1. The van der Waals surface area contributed by atoms with E-state index < -0.39 is 23.4 Å². The van der Waals surface area contributed by atoms with Gasteiger partial charge >= 0.3 is 6.18 Å². The van der Waals surface area contributed by atoms with Crippen molar-refractivity contribution in [3.63, 3.8) is 0 Å². The largest absolute Gasteiger partial charge is 0.417 e. The van der Waals surface area contributed by atoms with E-state index in [0.717, 1.165) is 25.0 Å². The van der Waals surface area contributed by atoms with Crippen molar-refractivity contribution in [3.05, 3.63) is 66.0 Å². The maximum absolute atomic E-state index is 15.6. The number of alkyl halides is 3. The number of carbonyl (C=O) groups is 1. The highest BCUT2D eigenvalue weighted by Crippen LogP contribution is 2.54. The highest BCUT2D eigenvalue weighted by molar-refractivity contribution is 7.99. The summed E-state index contributed by atoms with van der Waals surface area (Å²) in [4.78, 5) is 22.9. The summed E-state index contributed by atoms with van der Waals surface area (Å²) < 4.78 is 80.9. The van der Waals surface area contributed by atoms with Crippen molar-refractivity contribution in [2.45, 2.75) is 61.9 Å². The number of benzene rings is 2. The lowest BCUT2D eigenvalue weighted by Gasteiger charge is -2.48. The molecule has 1 saturated carbocycles. The average molecular weight is 648 g/mol. The Hall–Kier alpha value is -3.58. The Labute approximate surface area is 262 Å². The predicted molar refractivity (Wildman–Crippen MR) is 166 cm³/mol. The zero-order valence-corrected chi connectivity index (χ0v) is 26.0. The molecule has 0 radical (unpaired) electrons. The van der Waals surface area contributed by atoms with Gasteiger partial charge in [0.2, 0.25) is 5.91 Å². The lowest BCUT2D eigenvalue weighted by atomic mass is 9.91. The average Bonchev–Trinajstić information content (AvgIpc) is 3.79. The summed E-state index contributed by atoms with van der Waals surface area (Å²) in [6.07, 6.45) is -2.03. The van der Waals surface area contributed by atoms with Crippen molar-refractivity contribution in [1.82, 2.24) is 9.80 Å². The van der Waals surface area contributed by atoms with Crippen LogP contribution in [0, 0.1) is 11.6 Å². The van der Waals surface area contributed by atoms with E-state index in [4.69, 9.17) is 9.73 Å². The van der Waals surface area contributed by atoms with Crippen molar-refractivity contribution in [3.8, 4) is 11.1 Å². The lowest BCUT2D eigenvalue weighted by Crippen LogP contribution is -2.60. The van der Waals surface area contributed by atoms with Crippen LogP contribution >= 0.6 is 11.8 Å². The van der Waals surface area contributed by atoms with Gasteiger partial charge in [-0.15, -0.1) is 11.8 Å². The molecule has 13 heteroatoms. The maximum atomic E-state index is 15.6. The summed E-state index contributed by atoms with van der Waals surface area (Å²) in [6.45, 7) is 12.4. The number of halogens is 5. The summed E-state index contributed by atoms with van der Waals surface area (Å²) >= 11 is 1.18. The minimum atomic E-state index is -4.88. The topological polar surface area (TPSA) is 60.4 Å². The van der Waals surface area contributed by atoms with Crippen molar-refractivity contribution in [2.75, 3.05) is 42.8 Å². The van der Waals surface area contributed by atoms with Gasteiger partial charge in [0.1, 0.15) is 23.3 Å². The van der Waals surface area contributed by atoms with Crippen molar-refractivity contribution >= 4 is 34.9 Å². The van der Waals surface area contributed by atoms with E-state index in [1.807, 2.05) is 18.7 Å². The number of amidine groups is 1. The number of hydrogen-bond acceptors (Lipinski definition) is 7. The highest BCUT2D eigenvalue weighted by atomic mass is 32.2. The number of carbonyl (C=O) groups excluding carboxylic acids is 1. The van der Waals surface area contributed by atoms with Gasteiger partial charge in [0.25, 0.3) is 0 Å². The van der Waals surface area contributed by atoms with Gasteiger partial charge in [0.15, 0.2) is 0 Å². The fourth-order valence-electron chi connectivity index (χ4n) is 6.59. The minimum absolute atomic E-state index is 0.00410. The molecule has 3 aliphatic heterocycles. The Morgan fingerprint density at radius 2 is 1.82 bits per heavy atom. The van der Waals surface area contributed by atoms with Crippen LogP contribution in [0.3, 0.4) is 0 Å². The molecule has 2 fully saturated rings. The van der Waals surface area contributed by atoms with Gasteiger partial charge in [0.05, 0.1) is 29.6 Å². The summed E-state index contributed by atoms with van der Waals surface area (Å²) in [7, 11) is 1.54. The number of ether oxygens (including phenoxy) is 1. The number of hydrogen-bond donors (Lipinski definition) is 1. The Balaban J connectivity index is 1.56. The molecule has 1 amide bonds. The van der Waals surface area contributed by atoms with E-state index in [9.17, 15) is 9.18 Å². The second-order valence-electron chi connectivity index (χ2n) is 11.9. The molecule has 4 aliphatic rings. The molecule has 7 nitrogen and oxygen atoms in total. The third-order valence-electron chi connectivity index (χ3n) is 8.61. The molecule has 2 aromatic rings. The first-order valence-corrected chi connectivity index (χ1v) is 15.7. The fraction of sp³-hybridized carbons (Fsp3) is 0.438. The molecule has 3 atom stereocenters. The first-order chi connectivity index (χ1) is 21.3. The van der Waals surface area contributed by atoms with E-state index in [2.05, 4.69) is 18.5 Å². The van der Waals surface area contributed by atoms with Crippen LogP contribution in [0.25, 0.3) is 11.1 Å². The van der Waals surface area contributed by atoms with Crippen LogP contribution in [0.4, 0.5) is 33.3 Å². The van der Waals surface area contributed by atoms with E-state index in [-0.39, 0.29) is 64.0 Å². The summed E-state index contributed by atoms with van der Waals surface area (Å²) in [5, 5.41) is 2.98. The molecule has 1 aliphatic carbocycles. The molecular weight excluding hydrogens is 613 g/mol. The Morgan fingerprint density at radius 1 is 1.13 bits per heavy atom. The van der Waals surface area contributed by atoms with Crippen molar-refractivity contribution in [2.24, 2.45) is 4.99 Å². The Kier molecular flexibility index (Phi) is 8.13. The highest BCUT2D eigenvalue weighted by Gasteiger charge is 2.45. The van der Waals surface area contributed by atoms with Crippen LogP contribution in [-0.2, 0) is 15.7 Å². The molecule has 6 rings (SSSR count). The molecule has 0 aromatic heterocycles. The minimum Gasteiger partial charge on any atom is -0.383 e. The number of methoxy groups -OCH3 is 1. The molecule has 240 valence electrons. The Morgan fingerprint density at radius 3 is 2.42 bits per heavy atom. The molecule has 3 heterocycles. The van der Waals surface area contributed by atoms with Crippen molar-refractivity contribution < 1.29 is 31.5 Å². The molecule has 1 saturated heterocycles. The number of rotatable bonds is 6. The summed E-state index contributed by atoms with van der Waals surface area (Å²) in [5.41, 5.74) is -1.11. The molecular formula is C32H34F5N5O2S. The number of anilines is 2. The van der Waals surface area contributed by atoms with Crippen LogP contribution < -0.4 is 10.2 Å². The second-order valence-corrected chi connectivity index (χ2v) is 13.0. The molecule has 45 heavy (non-hydrogen) atoms. The van der Waals surface area contributed by atoms with Gasteiger partial charge < -0.3 is 24.8 Å². The van der Waals surface area contributed by atoms with Gasteiger partial charge in [-0.2, -0.15) is 13.2 Å². The van der Waals surface area contributed by atoms with Crippen molar-refractivity contribution in [1.29, 1.82) is 0 Å². The van der Waals surface area contributed by atoms with Gasteiger partial charge in [-0.3, -0.25) is 4.79 Å². The van der Waals surface area contributed by atoms with Crippen LogP contribution in [0.15, 0.2) is 53.1 Å². The molecule has 0 spiro atoms. The maximum Gasteiger partial charge on any atom is 0.417 e. The first-order valence-electron chi connectivity index (χ1n) is 14.8. The van der Waals surface area contributed by atoms with Gasteiger partial charge in [-0.25, -0.2) is 13.8 Å². The second kappa shape index (κ2) is 11.7. The van der Waals surface area contributed by atoms with Crippen LogP contribution in [0.5, 0.6) is 0 Å². The number of piperazine rings is 1. The molecule has 0 unspecified atom stereocenters. The quantitative estimate of drug-likeness (QED) is 0.286. The summed E-state index contributed by atoms with van der Waals surface area (Å²) in [6, 6.07) is 1.93. The van der Waals surface area contributed by atoms with Gasteiger partial charge in [0, 0.05) is 71.7 Å². The third kappa shape index (κ3) is 5.58. The zero-order chi connectivity index (χ0) is 32.4. The third-order valence-corrected chi connectivity index (χ3v) is 9.85. The van der Waals surface area contributed by atoms with Gasteiger partial charge in [-0.05, 0) is 44.9 Å². The van der Waals surface area contributed by atoms with E-state index in [0.29, 0.717) is 42.3 Å². The smallest absolute Gasteiger partial charge is 0.383 e. The standard InChI is InChI=1S/C32H34F5N5O2S/c1-6-27(43)41-16(2)12-40(13-17(41)3)31-22-9-23(32(35,36)37)28(21-10-26(39-19-7-8-19)25(34)11-24(21)33)30-29(22)42(18(4)38-31)20(14-44-5)15-45-30/h6,9-11,16-17,19-20,39H,1,4,7-8,12-15H2,2-3,5H3/t16-,17+,20-/m0/s1. The van der Waals surface area contributed by atoms with Crippen LogP contribution in [-0.4, -0.2) is 78.3 Å². The van der Waals surface area contributed by atoms with E-state index >= 15 is 17.6 Å². The normalized spacial score (nSPS) is 23.1. The zero-order valence-electron chi connectivity index (χ0n) is 25.2. The number of nitrogens with zero attached hydrogens (tertiary/aromatic N) is 4. The first kappa shape index (κ1) is 31.4. The fourth-order valence-corrected chi connectivity index (χ4v) is 7.91.